The second-order valence-corrected chi connectivity index (χ2v) is 4.54. The summed E-state index contributed by atoms with van der Waals surface area (Å²) in [6, 6.07) is 20.1. The van der Waals surface area contributed by atoms with Crippen LogP contribution in [0, 0.1) is 18.3 Å². The van der Waals surface area contributed by atoms with Crippen molar-refractivity contribution in [1.82, 2.24) is 0 Å². The van der Waals surface area contributed by atoms with Crippen molar-refractivity contribution in [1.29, 1.82) is 5.26 Å². The fourth-order valence-electron chi connectivity index (χ4n) is 2.10. The molecule has 0 unspecified atom stereocenters. The van der Waals surface area contributed by atoms with Crippen molar-refractivity contribution in [3.63, 3.8) is 0 Å². The van der Waals surface area contributed by atoms with E-state index in [1.165, 1.54) is 0 Å². The molecule has 90 valence electrons. The first kappa shape index (κ1) is 12.2. The largest absolute Gasteiger partial charge is 0.364 e. The number of hydrogen-bond donors (Lipinski definition) is 1. The zero-order chi connectivity index (χ0) is 13.0. The van der Waals surface area contributed by atoms with Gasteiger partial charge in [-0.1, -0.05) is 42.5 Å². The first-order valence-corrected chi connectivity index (χ1v) is 5.96. The van der Waals surface area contributed by atoms with E-state index in [2.05, 4.69) is 11.4 Å². The van der Waals surface area contributed by atoms with Crippen molar-refractivity contribution in [3.8, 4) is 6.07 Å². The van der Waals surface area contributed by atoms with Crippen molar-refractivity contribution < 1.29 is 0 Å². The number of aryl methyl sites for hydroxylation is 1. The Bertz CT molecular complexity index is 569. The Morgan fingerprint density at radius 1 is 1.00 bits per heavy atom. The first-order valence-electron chi connectivity index (χ1n) is 5.96. The van der Waals surface area contributed by atoms with Crippen LogP contribution in [0.5, 0.6) is 0 Å². The molecule has 0 heterocycles. The molecule has 0 radical (unpaired) electrons. The summed E-state index contributed by atoms with van der Waals surface area (Å²) in [5.74, 6) is 0. The summed E-state index contributed by atoms with van der Waals surface area (Å²) in [7, 11) is 0. The third-order valence-electron chi connectivity index (χ3n) is 3.08. The highest BCUT2D eigenvalue weighted by atomic mass is 15.0. The summed E-state index contributed by atoms with van der Waals surface area (Å²) in [6.45, 7) is 3.93. The van der Waals surface area contributed by atoms with Crippen molar-refractivity contribution in [2.75, 3.05) is 5.32 Å². The Morgan fingerprint density at radius 3 is 2.22 bits per heavy atom. The molecule has 1 atom stereocenters. The fourth-order valence-corrected chi connectivity index (χ4v) is 2.10. The van der Waals surface area contributed by atoms with Crippen LogP contribution in [0.2, 0.25) is 0 Å². The SMILES string of the molecule is Cc1ccccc1[C@](C)(C#N)Nc1ccccc1. The molecule has 0 fully saturated rings. The molecule has 0 saturated heterocycles. The van der Waals surface area contributed by atoms with E-state index in [0.29, 0.717) is 0 Å². The minimum absolute atomic E-state index is 0.716. The smallest absolute Gasteiger partial charge is 0.148 e. The van der Waals surface area contributed by atoms with E-state index in [0.717, 1.165) is 16.8 Å². The molecule has 18 heavy (non-hydrogen) atoms. The lowest BCUT2D eigenvalue weighted by atomic mass is 9.89. The summed E-state index contributed by atoms with van der Waals surface area (Å²) in [5, 5.41) is 12.8. The normalized spacial score (nSPS) is 13.4. The van der Waals surface area contributed by atoms with E-state index in [4.69, 9.17) is 0 Å². The maximum atomic E-state index is 9.51. The molecule has 0 aliphatic rings. The third-order valence-corrected chi connectivity index (χ3v) is 3.08. The van der Waals surface area contributed by atoms with E-state index in [9.17, 15) is 5.26 Å². The highest BCUT2D eigenvalue weighted by Crippen LogP contribution is 2.27. The van der Waals surface area contributed by atoms with Gasteiger partial charge in [0.15, 0.2) is 0 Å². The minimum atomic E-state index is -0.716. The lowest BCUT2D eigenvalue weighted by Gasteiger charge is -2.26. The van der Waals surface area contributed by atoms with Crippen LogP contribution in [0.1, 0.15) is 18.1 Å². The highest BCUT2D eigenvalue weighted by Gasteiger charge is 2.27. The van der Waals surface area contributed by atoms with Crippen LogP contribution in [-0.4, -0.2) is 0 Å². The van der Waals surface area contributed by atoms with E-state index >= 15 is 0 Å². The maximum Gasteiger partial charge on any atom is 0.148 e. The quantitative estimate of drug-likeness (QED) is 0.878. The summed E-state index contributed by atoms with van der Waals surface area (Å²) in [6.07, 6.45) is 0. The predicted molar refractivity (Wildman–Crippen MR) is 74.2 cm³/mol. The minimum Gasteiger partial charge on any atom is -0.364 e. The van der Waals surface area contributed by atoms with Crippen LogP contribution in [0.4, 0.5) is 5.69 Å². The number of benzene rings is 2. The highest BCUT2D eigenvalue weighted by molar-refractivity contribution is 5.51. The average Bonchev–Trinajstić information content (AvgIpc) is 2.40. The lowest BCUT2D eigenvalue weighted by Crippen LogP contribution is -2.30. The fraction of sp³-hybridized carbons (Fsp3) is 0.188. The van der Waals surface area contributed by atoms with Gasteiger partial charge in [0, 0.05) is 5.69 Å². The Labute approximate surface area is 108 Å². The van der Waals surface area contributed by atoms with Gasteiger partial charge < -0.3 is 5.32 Å². The van der Waals surface area contributed by atoms with Crippen LogP contribution < -0.4 is 5.32 Å². The van der Waals surface area contributed by atoms with Crippen LogP contribution in [0.25, 0.3) is 0 Å². The van der Waals surface area contributed by atoms with Gasteiger partial charge in [-0.2, -0.15) is 5.26 Å². The van der Waals surface area contributed by atoms with E-state index < -0.39 is 5.54 Å². The second-order valence-electron chi connectivity index (χ2n) is 4.54. The second kappa shape index (κ2) is 4.93. The molecule has 2 aromatic rings. The zero-order valence-corrected chi connectivity index (χ0v) is 10.6. The topological polar surface area (TPSA) is 35.8 Å². The number of hydrogen-bond acceptors (Lipinski definition) is 2. The standard InChI is InChI=1S/C16H16N2/c1-13-8-6-7-11-15(13)16(2,12-17)18-14-9-4-3-5-10-14/h3-11,18H,1-2H3/t16-/m0/s1. The molecule has 0 aromatic heterocycles. The van der Waals surface area contributed by atoms with Crippen LogP contribution in [0.3, 0.4) is 0 Å². The van der Waals surface area contributed by atoms with Crippen LogP contribution in [0.15, 0.2) is 54.6 Å². The van der Waals surface area contributed by atoms with Crippen LogP contribution >= 0.6 is 0 Å². The van der Waals surface area contributed by atoms with Gasteiger partial charge in [0.25, 0.3) is 0 Å². The van der Waals surface area contributed by atoms with Crippen molar-refractivity contribution in [2.24, 2.45) is 0 Å². The van der Waals surface area contributed by atoms with E-state index in [-0.39, 0.29) is 0 Å². The van der Waals surface area contributed by atoms with Crippen molar-refractivity contribution >= 4 is 5.69 Å². The molecular formula is C16H16N2. The lowest BCUT2D eigenvalue weighted by molar-refractivity contribution is 0.700. The Kier molecular flexibility index (Phi) is 3.34. The molecule has 2 nitrogen and oxygen atoms in total. The Balaban J connectivity index is 2.38. The van der Waals surface area contributed by atoms with Gasteiger partial charge in [0.1, 0.15) is 5.54 Å². The molecule has 0 saturated carbocycles. The monoisotopic (exact) mass is 236 g/mol. The molecule has 1 N–H and O–H groups in total. The number of rotatable bonds is 3. The maximum absolute atomic E-state index is 9.51. The molecular weight excluding hydrogens is 220 g/mol. The molecule has 0 aliphatic heterocycles. The summed E-state index contributed by atoms with van der Waals surface area (Å²) in [5.41, 5.74) is 2.36. The van der Waals surface area contributed by atoms with Gasteiger partial charge in [-0.3, -0.25) is 0 Å². The van der Waals surface area contributed by atoms with Crippen molar-refractivity contribution in [2.45, 2.75) is 19.4 Å². The van der Waals surface area contributed by atoms with Gasteiger partial charge in [0.05, 0.1) is 6.07 Å². The first-order chi connectivity index (χ1) is 8.65. The van der Waals surface area contributed by atoms with Crippen molar-refractivity contribution in [3.05, 3.63) is 65.7 Å². The van der Waals surface area contributed by atoms with Crippen LogP contribution in [-0.2, 0) is 5.54 Å². The number of nitriles is 1. The van der Waals surface area contributed by atoms with Gasteiger partial charge in [-0.05, 0) is 37.1 Å². The molecule has 2 heteroatoms. The summed E-state index contributed by atoms with van der Waals surface area (Å²) < 4.78 is 0. The predicted octanol–water partition coefficient (Wildman–Crippen LogP) is 3.85. The summed E-state index contributed by atoms with van der Waals surface area (Å²) >= 11 is 0. The van der Waals surface area contributed by atoms with Gasteiger partial charge in [-0.25, -0.2) is 0 Å². The molecule has 2 aromatic carbocycles. The Hall–Kier alpha value is -2.27. The van der Waals surface area contributed by atoms with Gasteiger partial charge >= 0.3 is 0 Å². The van der Waals surface area contributed by atoms with Gasteiger partial charge in [0.2, 0.25) is 0 Å². The average molecular weight is 236 g/mol. The molecule has 0 bridgehead atoms. The third kappa shape index (κ3) is 2.36. The Morgan fingerprint density at radius 2 is 1.61 bits per heavy atom. The van der Waals surface area contributed by atoms with E-state index in [1.807, 2.05) is 68.4 Å². The van der Waals surface area contributed by atoms with Gasteiger partial charge in [-0.15, -0.1) is 0 Å². The summed E-state index contributed by atoms with van der Waals surface area (Å²) in [4.78, 5) is 0. The number of anilines is 1. The number of para-hydroxylation sites is 1. The number of nitrogens with zero attached hydrogens (tertiary/aromatic N) is 1. The molecule has 0 amide bonds. The zero-order valence-electron chi connectivity index (χ0n) is 10.6. The molecule has 0 aliphatic carbocycles. The number of nitrogens with one attached hydrogen (secondary N) is 1. The van der Waals surface area contributed by atoms with E-state index in [1.54, 1.807) is 0 Å². The molecule has 2 rings (SSSR count). The molecule has 0 spiro atoms.